The molecule has 0 fully saturated rings. The smallest absolute Gasteiger partial charge is 0.242 e. The van der Waals surface area contributed by atoms with Crippen molar-refractivity contribution in [1.29, 1.82) is 0 Å². The molecule has 0 spiro atoms. The van der Waals surface area contributed by atoms with Gasteiger partial charge in [0.1, 0.15) is 10.7 Å². The number of hydrogen-bond acceptors (Lipinski definition) is 3. The quantitative estimate of drug-likeness (QED) is 0.857. The van der Waals surface area contributed by atoms with Crippen LogP contribution in [0.1, 0.15) is 6.92 Å². The average Bonchev–Trinajstić information content (AvgIpc) is 2.14. The number of hydrogen-bond donors (Lipinski definition) is 2. The monoisotopic (exact) mass is 266 g/mol. The molecular formula is C9H12ClFN2O2S. The second kappa shape index (κ2) is 5.09. The Balaban J connectivity index is 2.99. The van der Waals surface area contributed by atoms with Gasteiger partial charge in [-0.25, -0.2) is 17.5 Å². The highest BCUT2D eigenvalue weighted by Crippen LogP contribution is 2.21. The first-order valence-corrected chi connectivity index (χ1v) is 6.39. The Morgan fingerprint density at radius 2 is 2.19 bits per heavy atom. The fourth-order valence-corrected chi connectivity index (χ4v) is 2.68. The van der Waals surface area contributed by atoms with Crippen molar-refractivity contribution in [3.63, 3.8) is 0 Å². The summed E-state index contributed by atoms with van der Waals surface area (Å²) in [5, 5.41) is -0.155. The van der Waals surface area contributed by atoms with Gasteiger partial charge in [0.05, 0.1) is 5.02 Å². The summed E-state index contributed by atoms with van der Waals surface area (Å²) in [6, 6.07) is 2.78. The molecule has 1 rings (SSSR count). The molecule has 0 aliphatic heterocycles. The summed E-state index contributed by atoms with van der Waals surface area (Å²) in [7, 11) is -3.73. The van der Waals surface area contributed by atoms with Gasteiger partial charge < -0.3 is 5.73 Å². The molecule has 0 aromatic heterocycles. The number of nitrogens with one attached hydrogen (secondary N) is 1. The largest absolute Gasteiger partial charge is 0.327 e. The van der Waals surface area contributed by atoms with Crippen molar-refractivity contribution in [1.82, 2.24) is 4.72 Å². The van der Waals surface area contributed by atoms with E-state index in [1.54, 1.807) is 6.92 Å². The van der Waals surface area contributed by atoms with Crippen LogP contribution in [0.2, 0.25) is 5.02 Å². The third-order valence-electron chi connectivity index (χ3n) is 1.78. The second-order valence-corrected chi connectivity index (χ2v) is 5.55. The van der Waals surface area contributed by atoms with Crippen molar-refractivity contribution < 1.29 is 12.8 Å². The van der Waals surface area contributed by atoms with Gasteiger partial charge in [-0.15, -0.1) is 0 Å². The number of nitrogens with two attached hydrogens (primary N) is 1. The molecule has 4 nitrogen and oxygen atoms in total. The highest BCUT2D eigenvalue weighted by Gasteiger charge is 2.18. The molecule has 0 radical (unpaired) electrons. The Morgan fingerprint density at radius 3 is 2.69 bits per heavy atom. The number of halogens is 2. The van der Waals surface area contributed by atoms with E-state index < -0.39 is 15.8 Å². The van der Waals surface area contributed by atoms with Gasteiger partial charge in [-0.1, -0.05) is 11.6 Å². The summed E-state index contributed by atoms with van der Waals surface area (Å²) in [6.45, 7) is 1.75. The second-order valence-electron chi connectivity index (χ2n) is 3.40. The standard InChI is InChI=1S/C9H12ClFN2O2S/c1-6(12)5-13-16(14,15)9-3-2-7(11)4-8(9)10/h2-4,6,13H,5,12H2,1H3. The van der Waals surface area contributed by atoms with E-state index in [0.29, 0.717) is 0 Å². The van der Waals surface area contributed by atoms with Crippen LogP contribution in [0.3, 0.4) is 0 Å². The van der Waals surface area contributed by atoms with Crippen LogP contribution in [0.25, 0.3) is 0 Å². The van der Waals surface area contributed by atoms with Crippen LogP contribution >= 0.6 is 11.6 Å². The van der Waals surface area contributed by atoms with Crippen molar-refractivity contribution in [2.75, 3.05) is 6.54 Å². The van der Waals surface area contributed by atoms with Crippen LogP contribution in [0.5, 0.6) is 0 Å². The lowest BCUT2D eigenvalue weighted by Gasteiger charge is -2.09. The minimum absolute atomic E-state index is 0.0933. The summed E-state index contributed by atoms with van der Waals surface area (Å²) < 4.78 is 38.4. The highest BCUT2D eigenvalue weighted by atomic mass is 35.5. The molecule has 0 heterocycles. The Hall–Kier alpha value is -0.690. The van der Waals surface area contributed by atoms with E-state index >= 15 is 0 Å². The SMILES string of the molecule is CC(N)CNS(=O)(=O)c1ccc(F)cc1Cl. The van der Waals surface area contributed by atoms with Gasteiger partial charge in [-0.05, 0) is 25.1 Å². The van der Waals surface area contributed by atoms with E-state index in [2.05, 4.69) is 4.72 Å². The van der Waals surface area contributed by atoms with Crippen LogP contribution in [0, 0.1) is 5.82 Å². The van der Waals surface area contributed by atoms with E-state index in [0.717, 1.165) is 18.2 Å². The zero-order chi connectivity index (χ0) is 12.3. The molecule has 0 aliphatic rings. The lowest BCUT2D eigenvalue weighted by atomic mass is 10.3. The molecule has 1 aromatic carbocycles. The maximum atomic E-state index is 12.7. The predicted octanol–water partition coefficient (Wildman–Crippen LogP) is 1.10. The fraction of sp³-hybridized carbons (Fsp3) is 0.333. The minimum Gasteiger partial charge on any atom is -0.327 e. The Morgan fingerprint density at radius 1 is 1.56 bits per heavy atom. The number of rotatable bonds is 4. The zero-order valence-corrected chi connectivity index (χ0v) is 10.1. The van der Waals surface area contributed by atoms with E-state index in [1.165, 1.54) is 0 Å². The van der Waals surface area contributed by atoms with E-state index in [9.17, 15) is 12.8 Å². The van der Waals surface area contributed by atoms with Crippen LogP contribution in [-0.2, 0) is 10.0 Å². The lowest BCUT2D eigenvalue weighted by molar-refractivity contribution is 0.573. The lowest BCUT2D eigenvalue weighted by Crippen LogP contribution is -2.35. The third-order valence-corrected chi connectivity index (χ3v) is 3.69. The summed E-state index contributed by atoms with van der Waals surface area (Å²) in [6.07, 6.45) is 0. The van der Waals surface area contributed by atoms with Gasteiger partial charge in [0, 0.05) is 12.6 Å². The van der Waals surface area contributed by atoms with Crippen LogP contribution in [0.15, 0.2) is 23.1 Å². The van der Waals surface area contributed by atoms with Crippen LogP contribution < -0.4 is 10.5 Å². The number of benzene rings is 1. The van der Waals surface area contributed by atoms with Gasteiger partial charge in [0.2, 0.25) is 10.0 Å². The molecule has 7 heteroatoms. The van der Waals surface area contributed by atoms with Gasteiger partial charge in [-0.3, -0.25) is 0 Å². The Labute approximate surface area is 98.6 Å². The maximum Gasteiger partial charge on any atom is 0.242 e. The molecule has 0 saturated carbocycles. The molecule has 0 amide bonds. The Kier molecular flexibility index (Phi) is 4.26. The topological polar surface area (TPSA) is 72.2 Å². The molecule has 0 saturated heterocycles. The first kappa shape index (κ1) is 13.4. The molecule has 1 unspecified atom stereocenters. The van der Waals surface area contributed by atoms with E-state index in [1.807, 2.05) is 0 Å². The minimum atomic E-state index is -3.73. The molecule has 16 heavy (non-hydrogen) atoms. The first-order chi connectivity index (χ1) is 7.33. The third kappa shape index (κ3) is 3.41. The van der Waals surface area contributed by atoms with E-state index in [-0.39, 0.29) is 22.5 Å². The fourth-order valence-electron chi connectivity index (χ4n) is 1.01. The van der Waals surface area contributed by atoms with Crippen LogP contribution in [0.4, 0.5) is 4.39 Å². The molecule has 1 aromatic rings. The van der Waals surface area contributed by atoms with Gasteiger partial charge in [0.25, 0.3) is 0 Å². The highest BCUT2D eigenvalue weighted by molar-refractivity contribution is 7.89. The normalized spacial score (nSPS) is 13.8. The van der Waals surface area contributed by atoms with Gasteiger partial charge >= 0.3 is 0 Å². The molecule has 1 atom stereocenters. The van der Waals surface area contributed by atoms with Crippen molar-refractivity contribution >= 4 is 21.6 Å². The number of sulfonamides is 1. The average molecular weight is 267 g/mol. The first-order valence-electron chi connectivity index (χ1n) is 4.53. The molecule has 3 N–H and O–H groups in total. The van der Waals surface area contributed by atoms with E-state index in [4.69, 9.17) is 17.3 Å². The van der Waals surface area contributed by atoms with Crippen LogP contribution in [-0.4, -0.2) is 21.0 Å². The summed E-state index contributed by atoms with van der Waals surface area (Å²) in [4.78, 5) is -0.156. The van der Waals surface area contributed by atoms with Crippen molar-refractivity contribution in [2.24, 2.45) is 5.73 Å². The van der Waals surface area contributed by atoms with Crippen molar-refractivity contribution in [2.45, 2.75) is 17.9 Å². The predicted molar refractivity (Wildman–Crippen MR) is 60.2 cm³/mol. The summed E-state index contributed by atoms with van der Waals surface area (Å²) in [5.41, 5.74) is 5.42. The molecule has 0 bridgehead atoms. The zero-order valence-electron chi connectivity index (χ0n) is 8.57. The molecule has 90 valence electrons. The Bertz CT molecular complexity index is 476. The van der Waals surface area contributed by atoms with Gasteiger partial charge in [0.15, 0.2) is 0 Å². The maximum absolute atomic E-state index is 12.7. The molecular weight excluding hydrogens is 255 g/mol. The van der Waals surface area contributed by atoms with Crippen molar-refractivity contribution in [3.05, 3.63) is 29.0 Å². The summed E-state index contributed by atoms with van der Waals surface area (Å²) >= 11 is 5.64. The van der Waals surface area contributed by atoms with Crippen molar-refractivity contribution in [3.8, 4) is 0 Å². The summed E-state index contributed by atoms with van der Waals surface area (Å²) in [5.74, 6) is -0.587. The molecule has 0 aliphatic carbocycles. The van der Waals surface area contributed by atoms with Gasteiger partial charge in [-0.2, -0.15) is 0 Å².